The van der Waals surface area contributed by atoms with E-state index in [0.29, 0.717) is 6.54 Å². The molecule has 0 amide bonds. The molecule has 1 aromatic rings. The molecule has 108 valence electrons. The van der Waals surface area contributed by atoms with Crippen LogP contribution in [0, 0.1) is 0 Å². The van der Waals surface area contributed by atoms with E-state index in [9.17, 15) is 0 Å². The molecule has 1 heterocycles. The average molecular weight is 313 g/mol. The molecule has 1 fully saturated rings. The fourth-order valence-electron chi connectivity index (χ4n) is 1.98. The third kappa shape index (κ3) is 4.19. The third-order valence-electron chi connectivity index (χ3n) is 2.76. The number of nitrogens with one attached hydrogen (secondary N) is 1. The molecule has 1 aliphatic rings. The molecule has 0 radical (unpaired) electrons. The average Bonchev–Trinajstić information content (AvgIpc) is 2.42. The number of thiocarbonyl (C=S) groups is 1. The number of hydrazine groups is 1. The van der Waals surface area contributed by atoms with E-state index in [0.717, 1.165) is 29.5 Å². The molecule has 20 heavy (non-hydrogen) atoms. The summed E-state index contributed by atoms with van der Waals surface area (Å²) in [4.78, 5) is 10.1. The summed E-state index contributed by atoms with van der Waals surface area (Å²) in [5.41, 5.74) is 10.3. The fraction of sp³-hybridized carbons (Fsp3) is 0.231. The van der Waals surface area contributed by atoms with Crippen molar-refractivity contribution in [3.63, 3.8) is 0 Å². The van der Waals surface area contributed by atoms with Crippen molar-refractivity contribution in [3.8, 4) is 0 Å². The predicted molar refractivity (Wildman–Crippen MR) is 86.6 cm³/mol. The van der Waals surface area contributed by atoms with E-state index in [-0.39, 0.29) is 5.11 Å². The first-order valence-electron chi connectivity index (χ1n) is 5.87. The van der Waals surface area contributed by atoms with Crippen LogP contribution < -0.4 is 16.1 Å². The molecule has 0 aromatic heterocycles. The second-order valence-electron chi connectivity index (χ2n) is 4.07. The van der Waals surface area contributed by atoms with Gasteiger partial charge >= 0.3 is 0 Å². The van der Waals surface area contributed by atoms with E-state index in [1.807, 2.05) is 36.1 Å². The highest BCUT2D eigenvalue weighted by atomic mass is 35.5. The lowest BCUT2D eigenvalue weighted by molar-refractivity contribution is -0.0979. The largest absolute Gasteiger partial charge is 0.375 e. The number of nitrogens with zero attached hydrogens (tertiary/aromatic N) is 2. The molecule has 0 bridgehead atoms. The molecular weight excluding hydrogens is 296 g/mol. The van der Waals surface area contributed by atoms with Gasteiger partial charge in [0.15, 0.2) is 5.11 Å². The second kappa shape index (κ2) is 7.84. The topological polar surface area (TPSA) is 61.6 Å². The van der Waals surface area contributed by atoms with Crippen LogP contribution in [0.25, 0.3) is 0 Å². The van der Waals surface area contributed by atoms with Crippen molar-refractivity contribution < 1.29 is 4.79 Å². The van der Waals surface area contributed by atoms with Gasteiger partial charge in [-0.25, -0.2) is 5.01 Å². The maximum atomic E-state index is 8.00. The Bertz CT molecular complexity index is 497. The van der Waals surface area contributed by atoms with Crippen LogP contribution in [0.5, 0.6) is 0 Å². The number of anilines is 1. The number of para-hydroxylation sites is 1. The minimum atomic E-state index is 0.272. The van der Waals surface area contributed by atoms with Crippen molar-refractivity contribution in [3.05, 3.63) is 41.6 Å². The van der Waals surface area contributed by atoms with E-state index in [2.05, 4.69) is 16.9 Å². The molecule has 0 unspecified atom stereocenters. The molecule has 1 aromatic carbocycles. The number of nitrogens with two attached hydrogens (primary N) is 1. The Labute approximate surface area is 128 Å². The highest BCUT2D eigenvalue weighted by Gasteiger charge is 2.22. The van der Waals surface area contributed by atoms with Crippen LogP contribution in [-0.4, -0.2) is 36.5 Å². The summed E-state index contributed by atoms with van der Waals surface area (Å²) < 4.78 is 0. The Morgan fingerprint density at radius 3 is 2.55 bits per heavy atom. The monoisotopic (exact) mass is 312 g/mol. The van der Waals surface area contributed by atoms with Crippen molar-refractivity contribution in [1.29, 1.82) is 0 Å². The molecule has 3 N–H and O–H groups in total. The standard InChI is InChI=1S/C12H15ClN4S.CH2O/c1-9-8-16(15-12(14)18)6-7-17(9)11-5-3-2-4-10(11)13;1-2/h2-5H,1,6-8H2,(H3,14,15,18);1H2. The van der Waals surface area contributed by atoms with Gasteiger partial charge in [0, 0.05) is 18.8 Å². The zero-order valence-corrected chi connectivity index (χ0v) is 12.6. The number of hydrogen-bond acceptors (Lipinski definition) is 4. The normalized spacial score (nSPS) is 15.2. The van der Waals surface area contributed by atoms with Gasteiger partial charge in [-0.05, 0) is 24.4 Å². The third-order valence-corrected chi connectivity index (χ3v) is 3.17. The second-order valence-corrected chi connectivity index (χ2v) is 4.91. The van der Waals surface area contributed by atoms with Crippen molar-refractivity contribution in [1.82, 2.24) is 10.4 Å². The molecule has 2 rings (SSSR count). The van der Waals surface area contributed by atoms with Gasteiger partial charge in [-0.2, -0.15) is 0 Å². The lowest BCUT2D eigenvalue weighted by Gasteiger charge is -2.38. The van der Waals surface area contributed by atoms with Crippen LogP contribution in [0.4, 0.5) is 5.69 Å². The van der Waals surface area contributed by atoms with Crippen molar-refractivity contribution in [2.24, 2.45) is 5.73 Å². The minimum absolute atomic E-state index is 0.272. The van der Waals surface area contributed by atoms with Crippen LogP contribution in [0.3, 0.4) is 0 Å². The Balaban J connectivity index is 0.000000956. The number of rotatable bonds is 2. The van der Waals surface area contributed by atoms with E-state index in [1.54, 1.807) is 0 Å². The van der Waals surface area contributed by atoms with Gasteiger partial charge in [0.2, 0.25) is 0 Å². The number of halogens is 1. The molecule has 5 nitrogen and oxygen atoms in total. The van der Waals surface area contributed by atoms with Crippen molar-refractivity contribution >= 4 is 41.4 Å². The molecular formula is C13H17ClN4OS. The van der Waals surface area contributed by atoms with E-state index < -0.39 is 0 Å². The van der Waals surface area contributed by atoms with Crippen LogP contribution in [-0.2, 0) is 4.79 Å². The summed E-state index contributed by atoms with van der Waals surface area (Å²) in [7, 11) is 0. The molecule has 1 aliphatic heterocycles. The maximum absolute atomic E-state index is 8.00. The molecule has 1 saturated heterocycles. The van der Waals surface area contributed by atoms with Crippen LogP contribution >= 0.6 is 23.8 Å². The van der Waals surface area contributed by atoms with Crippen LogP contribution in [0.2, 0.25) is 5.02 Å². The van der Waals surface area contributed by atoms with Gasteiger partial charge in [0.05, 0.1) is 17.3 Å². The Hall–Kier alpha value is -1.63. The molecule has 0 atom stereocenters. The lowest BCUT2D eigenvalue weighted by Crippen LogP contribution is -2.53. The number of carbonyl (C=O) groups is 1. The molecule has 0 saturated carbocycles. The predicted octanol–water partition coefficient (Wildman–Crippen LogP) is 1.54. The van der Waals surface area contributed by atoms with Crippen LogP contribution in [0.1, 0.15) is 0 Å². The zero-order chi connectivity index (χ0) is 15.1. The first-order chi connectivity index (χ1) is 9.58. The lowest BCUT2D eigenvalue weighted by atomic mass is 10.2. The fourth-order valence-corrected chi connectivity index (χ4v) is 2.34. The smallest absolute Gasteiger partial charge is 0.178 e. The summed E-state index contributed by atoms with van der Waals surface area (Å²) in [5.74, 6) is 0. The van der Waals surface area contributed by atoms with E-state index >= 15 is 0 Å². The first-order valence-corrected chi connectivity index (χ1v) is 6.66. The van der Waals surface area contributed by atoms with E-state index in [1.165, 1.54) is 0 Å². The summed E-state index contributed by atoms with van der Waals surface area (Å²) in [6.45, 7) is 8.31. The highest BCUT2D eigenvalue weighted by molar-refractivity contribution is 7.80. The van der Waals surface area contributed by atoms with Crippen LogP contribution in [0.15, 0.2) is 36.5 Å². The summed E-state index contributed by atoms with van der Waals surface area (Å²) in [6.07, 6.45) is 0. The van der Waals surface area contributed by atoms with Crippen molar-refractivity contribution in [2.75, 3.05) is 24.5 Å². The SMILES string of the molecule is C=C1CN(NC(N)=S)CCN1c1ccccc1Cl.C=O. The number of carbonyl (C=O) groups excluding carboxylic acids is 1. The van der Waals surface area contributed by atoms with Gasteiger partial charge in [-0.15, -0.1) is 0 Å². The number of hydrogen-bond donors (Lipinski definition) is 2. The summed E-state index contributed by atoms with van der Waals surface area (Å²) in [5, 5.41) is 2.95. The van der Waals surface area contributed by atoms with Gasteiger partial charge in [0.1, 0.15) is 6.79 Å². The molecule has 0 spiro atoms. The minimum Gasteiger partial charge on any atom is -0.375 e. The Morgan fingerprint density at radius 2 is 2.00 bits per heavy atom. The first kappa shape index (κ1) is 16.4. The molecule has 0 aliphatic carbocycles. The van der Waals surface area contributed by atoms with E-state index in [4.69, 9.17) is 34.3 Å². The van der Waals surface area contributed by atoms with Gasteiger partial charge < -0.3 is 15.4 Å². The van der Waals surface area contributed by atoms with Crippen molar-refractivity contribution in [2.45, 2.75) is 0 Å². The summed E-state index contributed by atoms with van der Waals surface area (Å²) >= 11 is 11.0. The maximum Gasteiger partial charge on any atom is 0.178 e. The highest BCUT2D eigenvalue weighted by Crippen LogP contribution is 2.28. The quantitative estimate of drug-likeness (QED) is 0.808. The summed E-state index contributed by atoms with van der Waals surface area (Å²) in [6, 6.07) is 7.75. The van der Waals surface area contributed by atoms with Gasteiger partial charge in [-0.3, -0.25) is 5.43 Å². The Morgan fingerprint density at radius 1 is 1.35 bits per heavy atom. The number of benzene rings is 1. The molecule has 7 heteroatoms. The Kier molecular flexibility index (Phi) is 6.44. The van der Waals surface area contributed by atoms with Gasteiger partial charge in [-0.1, -0.05) is 30.3 Å². The van der Waals surface area contributed by atoms with Gasteiger partial charge in [0.25, 0.3) is 0 Å². The zero-order valence-electron chi connectivity index (χ0n) is 11.0. The number of piperazine rings is 1.